The number of halogens is 1. The number of hydrogen-bond acceptors (Lipinski definition) is 1. The first kappa shape index (κ1) is 14.5. The molecule has 0 aliphatic heterocycles. The Kier molecular flexibility index (Phi) is 5.38. The maximum atomic E-state index is 13.8. The van der Waals surface area contributed by atoms with Crippen molar-refractivity contribution < 1.29 is 4.39 Å². The van der Waals surface area contributed by atoms with Crippen LogP contribution in [-0.2, 0) is 6.42 Å². The van der Waals surface area contributed by atoms with Crippen molar-refractivity contribution in [2.24, 2.45) is 11.8 Å². The van der Waals surface area contributed by atoms with Gasteiger partial charge in [0.2, 0.25) is 0 Å². The molecule has 1 N–H and O–H groups in total. The zero-order chi connectivity index (χ0) is 13.7. The summed E-state index contributed by atoms with van der Waals surface area (Å²) in [5, 5.41) is 3.55. The van der Waals surface area contributed by atoms with E-state index >= 15 is 0 Å². The Bertz CT molecular complexity index is 389. The average Bonchev–Trinajstić information content (AvgIpc) is 2.40. The van der Waals surface area contributed by atoms with Gasteiger partial charge < -0.3 is 5.32 Å². The van der Waals surface area contributed by atoms with Gasteiger partial charge in [0, 0.05) is 6.04 Å². The van der Waals surface area contributed by atoms with Crippen molar-refractivity contribution in [3.05, 3.63) is 35.6 Å². The van der Waals surface area contributed by atoms with E-state index in [1.807, 2.05) is 12.1 Å². The maximum absolute atomic E-state index is 13.8. The minimum atomic E-state index is -0.0383. The van der Waals surface area contributed by atoms with E-state index in [9.17, 15) is 4.39 Å². The molecule has 1 aliphatic carbocycles. The molecule has 0 amide bonds. The fraction of sp³-hybridized carbons (Fsp3) is 0.647. The fourth-order valence-corrected chi connectivity index (χ4v) is 3.16. The van der Waals surface area contributed by atoms with Gasteiger partial charge in [0.1, 0.15) is 5.82 Å². The molecule has 0 bridgehead atoms. The van der Waals surface area contributed by atoms with Crippen LogP contribution in [-0.4, -0.2) is 12.6 Å². The molecule has 106 valence electrons. The van der Waals surface area contributed by atoms with Gasteiger partial charge in [0.05, 0.1) is 0 Å². The summed E-state index contributed by atoms with van der Waals surface area (Å²) in [6, 6.07) is 7.78. The smallest absolute Gasteiger partial charge is 0.126 e. The molecule has 0 spiro atoms. The molecule has 1 aromatic carbocycles. The molecule has 2 unspecified atom stereocenters. The second kappa shape index (κ2) is 7.04. The molecule has 1 aliphatic rings. The highest BCUT2D eigenvalue weighted by Crippen LogP contribution is 2.32. The van der Waals surface area contributed by atoms with Crippen LogP contribution in [0.3, 0.4) is 0 Å². The summed E-state index contributed by atoms with van der Waals surface area (Å²) in [6.07, 6.45) is 6.07. The molecule has 1 fully saturated rings. The highest BCUT2D eigenvalue weighted by Gasteiger charge is 2.25. The third-order valence-electron chi connectivity index (χ3n) is 4.29. The maximum Gasteiger partial charge on any atom is 0.126 e. The molecule has 0 radical (unpaired) electrons. The topological polar surface area (TPSA) is 12.0 Å². The first-order chi connectivity index (χ1) is 9.16. The Hall–Kier alpha value is -0.890. The quantitative estimate of drug-likeness (QED) is 0.840. The van der Waals surface area contributed by atoms with E-state index in [0.717, 1.165) is 18.5 Å². The zero-order valence-electron chi connectivity index (χ0n) is 12.2. The van der Waals surface area contributed by atoms with Gasteiger partial charge in [0.25, 0.3) is 0 Å². The van der Waals surface area contributed by atoms with Crippen molar-refractivity contribution in [3.8, 4) is 0 Å². The van der Waals surface area contributed by atoms with Crippen LogP contribution in [0.4, 0.5) is 4.39 Å². The minimum Gasteiger partial charge on any atom is -0.314 e. The number of benzene rings is 1. The molecule has 0 heterocycles. The van der Waals surface area contributed by atoms with Crippen LogP contribution in [0.25, 0.3) is 0 Å². The van der Waals surface area contributed by atoms with Gasteiger partial charge in [0.15, 0.2) is 0 Å². The van der Waals surface area contributed by atoms with Crippen molar-refractivity contribution in [1.82, 2.24) is 5.32 Å². The summed E-state index contributed by atoms with van der Waals surface area (Å²) < 4.78 is 13.8. The van der Waals surface area contributed by atoms with Crippen LogP contribution in [0.15, 0.2) is 24.3 Å². The Morgan fingerprint density at radius 1 is 1.16 bits per heavy atom. The second-order valence-corrected chi connectivity index (χ2v) is 6.16. The predicted octanol–water partition coefficient (Wildman–Crippen LogP) is 4.17. The van der Waals surface area contributed by atoms with E-state index in [0.29, 0.717) is 17.9 Å². The van der Waals surface area contributed by atoms with Crippen molar-refractivity contribution in [3.63, 3.8) is 0 Å². The second-order valence-electron chi connectivity index (χ2n) is 6.16. The van der Waals surface area contributed by atoms with Crippen molar-refractivity contribution in [1.29, 1.82) is 0 Å². The van der Waals surface area contributed by atoms with Crippen LogP contribution < -0.4 is 5.32 Å². The van der Waals surface area contributed by atoms with Gasteiger partial charge in [-0.15, -0.1) is 0 Å². The molecule has 2 atom stereocenters. The van der Waals surface area contributed by atoms with Gasteiger partial charge in [-0.3, -0.25) is 0 Å². The first-order valence-electron chi connectivity index (χ1n) is 7.63. The monoisotopic (exact) mass is 263 g/mol. The zero-order valence-corrected chi connectivity index (χ0v) is 12.2. The molecule has 0 saturated heterocycles. The Labute approximate surface area is 116 Å². The molecule has 0 aromatic heterocycles. The van der Waals surface area contributed by atoms with Gasteiger partial charge in [-0.05, 0) is 49.3 Å². The van der Waals surface area contributed by atoms with Crippen LogP contribution in [0.1, 0.15) is 45.1 Å². The van der Waals surface area contributed by atoms with Crippen LogP contribution in [0.5, 0.6) is 0 Å². The third-order valence-corrected chi connectivity index (χ3v) is 4.29. The fourth-order valence-electron chi connectivity index (χ4n) is 3.16. The molecule has 19 heavy (non-hydrogen) atoms. The SMILES string of the molecule is CC(C)NCC1CCCCC1Cc1ccccc1F. The van der Waals surface area contributed by atoms with Crippen LogP contribution in [0.2, 0.25) is 0 Å². The molecular weight excluding hydrogens is 237 g/mol. The van der Waals surface area contributed by atoms with Crippen LogP contribution in [0, 0.1) is 17.7 Å². The van der Waals surface area contributed by atoms with E-state index < -0.39 is 0 Å². The number of hydrogen-bond donors (Lipinski definition) is 1. The van der Waals surface area contributed by atoms with Crippen molar-refractivity contribution in [2.45, 2.75) is 52.0 Å². The summed E-state index contributed by atoms with van der Waals surface area (Å²) >= 11 is 0. The summed E-state index contributed by atoms with van der Waals surface area (Å²) in [6.45, 7) is 5.46. The summed E-state index contributed by atoms with van der Waals surface area (Å²) in [4.78, 5) is 0. The Balaban J connectivity index is 1.97. The average molecular weight is 263 g/mol. The van der Waals surface area contributed by atoms with Crippen molar-refractivity contribution in [2.75, 3.05) is 6.54 Å². The number of rotatable bonds is 5. The highest BCUT2D eigenvalue weighted by atomic mass is 19.1. The van der Waals surface area contributed by atoms with Crippen LogP contribution >= 0.6 is 0 Å². The van der Waals surface area contributed by atoms with Crippen molar-refractivity contribution >= 4 is 0 Å². The number of nitrogens with one attached hydrogen (secondary N) is 1. The van der Waals surface area contributed by atoms with E-state index in [-0.39, 0.29) is 5.82 Å². The standard InChI is InChI=1S/C17H26FN/c1-13(2)19-12-16-9-4-3-7-14(16)11-15-8-5-6-10-17(15)18/h5-6,8,10,13-14,16,19H,3-4,7,9,11-12H2,1-2H3. The van der Waals surface area contributed by atoms with Gasteiger partial charge >= 0.3 is 0 Å². The molecule has 1 saturated carbocycles. The Morgan fingerprint density at radius 3 is 2.53 bits per heavy atom. The lowest BCUT2D eigenvalue weighted by Gasteiger charge is -2.32. The van der Waals surface area contributed by atoms with E-state index in [1.165, 1.54) is 25.7 Å². The largest absolute Gasteiger partial charge is 0.314 e. The van der Waals surface area contributed by atoms with E-state index in [4.69, 9.17) is 0 Å². The lowest BCUT2D eigenvalue weighted by atomic mass is 9.76. The first-order valence-corrected chi connectivity index (χ1v) is 7.63. The predicted molar refractivity (Wildman–Crippen MR) is 78.7 cm³/mol. The van der Waals surface area contributed by atoms with E-state index in [2.05, 4.69) is 19.2 Å². The molecular formula is C17H26FN. The van der Waals surface area contributed by atoms with Gasteiger partial charge in [-0.2, -0.15) is 0 Å². The van der Waals surface area contributed by atoms with E-state index in [1.54, 1.807) is 12.1 Å². The summed E-state index contributed by atoms with van der Waals surface area (Å²) in [5.74, 6) is 1.30. The lowest BCUT2D eigenvalue weighted by Crippen LogP contribution is -2.35. The molecule has 1 nitrogen and oxygen atoms in total. The summed E-state index contributed by atoms with van der Waals surface area (Å²) in [5.41, 5.74) is 0.893. The third kappa shape index (κ3) is 4.31. The normalized spacial score (nSPS) is 23.8. The van der Waals surface area contributed by atoms with Gasteiger partial charge in [-0.1, -0.05) is 44.9 Å². The summed E-state index contributed by atoms with van der Waals surface area (Å²) in [7, 11) is 0. The molecule has 1 aromatic rings. The molecule has 2 rings (SSSR count). The highest BCUT2D eigenvalue weighted by molar-refractivity contribution is 5.18. The lowest BCUT2D eigenvalue weighted by molar-refractivity contribution is 0.223. The Morgan fingerprint density at radius 2 is 1.84 bits per heavy atom. The molecule has 2 heteroatoms. The van der Waals surface area contributed by atoms with Gasteiger partial charge in [-0.25, -0.2) is 4.39 Å². The minimum absolute atomic E-state index is 0.0383.